The average Bonchev–Trinajstić information content (AvgIpc) is 2.46. The Morgan fingerprint density at radius 2 is 1.72 bits per heavy atom. The lowest BCUT2D eigenvalue weighted by molar-refractivity contribution is -0.142. The van der Waals surface area contributed by atoms with Crippen molar-refractivity contribution in [1.82, 2.24) is 20.4 Å². The molecule has 2 N–H and O–H groups in total. The smallest absolute Gasteiger partial charge is 0.357 e. The van der Waals surface area contributed by atoms with Crippen LogP contribution in [0.1, 0.15) is 27.2 Å². The molecule has 0 aliphatic rings. The monoisotopic (exact) mass is 481 g/mol. The molecule has 0 heterocycles. The maximum absolute atomic E-state index is 12.2. The highest BCUT2D eigenvalue weighted by Gasteiger charge is 2.28. The van der Waals surface area contributed by atoms with Crippen molar-refractivity contribution in [3.05, 3.63) is 0 Å². The summed E-state index contributed by atoms with van der Waals surface area (Å²) in [5.74, 6) is 0.568. The zero-order chi connectivity index (χ0) is 18.6. The van der Waals surface area contributed by atoms with Crippen LogP contribution in [0.5, 0.6) is 0 Å². The molecule has 0 rings (SSSR count). The molecule has 0 aliphatic carbocycles. The van der Waals surface area contributed by atoms with E-state index in [-0.39, 0.29) is 43.0 Å². The summed E-state index contributed by atoms with van der Waals surface area (Å²) >= 11 is 0. The van der Waals surface area contributed by atoms with E-state index in [4.69, 9.17) is 0 Å². The molecule has 0 aromatic heterocycles. The minimum Gasteiger partial charge on any atom is -0.357 e. The fourth-order valence-corrected chi connectivity index (χ4v) is 2.08. The Bertz CT molecular complexity index is 390. The van der Waals surface area contributed by atoms with Crippen LogP contribution in [0, 0.1) is 0 Å². The Hall–Kier alpha value is -0.780. The maximum atomic E-state index is 12.2. The normalized spacial score (nSPS) is 11.9. The predicted molar refractivity (Wildman–Crippen MR) is 105 cm³/mol. The number of halogens is 4. The van der Waals surface area contributed by atoms with Crippen LogP contribution >= 0.6 is 24.0 Å². The van der Waals surface area contributed by atoms with Crippen molar-refractivity contribution in [2.24, 2.45) is 4.99 Å². The van der Waals surface area contributed by atoms with Gasteiger partial charge in [-0.05, 0) is 27.8 Å². The zero-order valence-electron chi connectivity index (χ0n) is 15.4. The number of carbonyl (C=O) groups is 1. The molecule has 0 radical (unpaired) electrons. The zero-order valence-corrected chi connectivity index (χ0v) is 17.8. The highest BCUT2D eigenvalue weighted by atomic mass is 127. The molecule has 6 nitrogen and oxygen atoms in total. The molecular weight excluding hydrogens is 450 g/mol. The van der Waals surface area contributed by atoms with E-state index in [2.05, 4.69) is 15.6 Å². The van der Waals surface area contributed by atoms with Crippen LogP contribution in [0.25, 0.3) is 0 Å². The number of carbonyl (C=O) groups excluding carboxylic acids is 1. The average molecular weight is 481 g/mol. The fourth-order valence-electron chi connectivity index (χ4n) is 2.08. The number of aliphatic imine (C=N–C) groups is 1. The Balaban J connectivity index is 0. The van der Waals surface area contributed by atoms with Crippen LogP contribution in [0.15, 0.2) is 4.99 Å². The summed E-state index contributed by atoms with van der Waals surface area (Å²) < 4.78 is 36.7. The molecule has 0 aromatic carbocycles. The third-order valence-corrected chi connectivity index (χ3v) is 3.29. The molecule has 0 saturated carbocycles. The van der Waals surface area contributed by atoms with Crippen molar-refractivity contribution < 1.29 is 18.0 Å². The van der Waals surface area contributed by atoms with E-state index in [1.165, 1.54) is 11.9 Å². The van der Waals surface area contributed by atoms with Crippen molar-refractivity contribution in [3.8, 4) is 0 Å². The Morgan fingerprint density at radius 3 is 2.20 bits per heavy atom. The van der Waals surface area contributed by atoms with Gasteiger partial charge in [0.25, 0.3) is 0 Å². The molecule has 1 amide bonds. The first-order chi connectivity index (χ1) is 11.2. The minimum absolute atomic E-state index is 0. The van der Waals surface area contributed by atoms with Crippen LogP contribution in [0.3, 0.4) is 0 Å². The van der Waals surface area contributed by atoms with Gasteiger partial charge in [0.1, 0.15) is 0 Å². The quantitative estimate of drug-likeness (QED) is 0.285. The largest absolute Gasteiger partial charge is 0.401 e. The topological polar surface area (TPSA) is 60.0 Å². The first-order valence-corrected chi connectivity index (χ1v) is 8.28. The van der Waals surface area contributed by atoms with Gasteiger partial charge in [-0.1, -0.05) is 0 Å². The van der Waals surface area contributed by atoms with E-state index in [1.807, 2.05) is 20.8 Å². The molecule has 0 aliphatic heterocycles. The van der Waals surface area contributed by atoms with Gasteiger partial charge in [0.2, 0.25) is 5.91 Å². The number of nitrogens with one attached hydrogen (secondary N) is 2. The number of hydrogen-bond donors (Lipinski definition) is 2. The van der Waals surface area contributed by atoms with Crippen LogP contribution in [0.2, 0.25) is 0 Å². The van der Waals surface area contributed by atoms with E-state index in [9.17, 15) is 18.0 Å². The Labute approximate surface area is 165 Å². The van der Waals surface area contributed by atoms with Gasteiger partial charge in [0, 0.05) is 39.1 Å². The highest BCUT2D eigenvalue weighted by molar-refractivity contribution is 14.0. The molecule has 0 fully saturated rings. The molecule has 0 atom stereocenters. The van der Waals surface area contributed by atoms with Gasteiger partial charge in [0.15, 0.2) is 5.96 Å². The summed E-state index contributed by atoms with van der Waals surface area (Å²) in [5.41, 5.74) is 0. The maximum Gasteiger partial charge on any atom is 0.401 e. The number of alkyl halides is 3. The molecular formula is C15H31F3IN5O. The van der Waals surface area contributed by atoms with Gasteiger partial charge in [-0.3, -0.25) is 14.7 Å². The first kappa shape index (κ1) is 26.4. The number of hydrogen-bond acceptors (Lipinski definition) is 3. The van der Waals surface area contributed by atoms with Crippen molar-refractivity contribution in [2.75, 3.05) is 52.9 Å². The molecule has 0 spiro atoms. The summed E-state index contributed by atoms with van der Waals surface area (Å²) in [6.45, 7) is 7.66. The van der Waals surface area contributed by atoms with Crippen molar-refractivity contribution in [2.45, 2.75) is 33.4 Å². The standard InChI is InChI=1S/C15H30F3N5O.HI/c1-5-19-14(20-9-8-13(24)23(6-2)7-3)21-10-11-22(4)12-15(16,17)18;/h5-12H2,1-4H3,(H2,19,20,21);1H. The van der Waals surface area contributed by atoms with Gasteiger partial charge in [-0.15, -0.1) is 24.0 Å². The van der Waals surface area contributed by atoms with E-state index in [0.717, 1.165) is 0 Å². The SMILES string of the molecule is CCNC(=NCCN(C)CC(F)(F)F)NCCC(=O)N(CC)CC.I. The van der Waals surface area contributed by atoms with Gasteiger partial charge < -0.3 is 15.5 Å². The van der Waals surface area contributed by atoms with Gasteiger partial charge in [-0.25, -0.2) is 0 Å². The molecule has 0 aromatic rings. The number of amides is 1. The van der Waals surface area contributed by atoms with Crippen molar-refractivity contribution in [1.29, 1.82) is 0 Å². The second-order valence-corrected chi connectivity index (χ2v) is 5.36. The fraction of sp³-hybridized carbons (Fsp3) is 0.867. The van der Waals surface area contributed by atoms with E-state index >= 15 is 0 Å². The summed E-state index contributed by atoms with van der Waals surface area (Å²) in [7, 11) is 1.41. The highest BCUT2D eigenvalue weighted by Crippen LogP contribution is 2.15. The number of guanidine groups is 1. The van der Waals surface area contributed by atoms with Crippen molar-refractivity contribution >= 4 is 35.8 Å². The third kappa shape index (κ3) is 14.1. The summed E-state index contributed by atoms with van der Waals surface area (Å²) in [6.07, 6.45) is -3.86. The third-order valence-electron chi connectivity index (χ3n) is 3.29. The lowest BCUT2D eigenvalue weighted by Crippen LogP contribution is -2.40. The molecule has 10 heteroatoms. The second-order valence-electron chi connectivity index (χ2n) is 5.36. The number of rotatable bonds is 10. The van der Waals surface area contributed by atoms with Crippen molar-refractivity contribution in [3.63, 3.8) is 0 Å². The van der Waals surface area contributed by atoms with Gasteiger partial charge >= 0.3 is 6.18 Å². The predicted octanol–water partition coefficient (Wildman–Crippen LogP) is 1.91. The van der Waals surface area contributed by atoms with E-state index in [1.54, 1.807) is 4.90 Å². The van der Waals surface area contributed by atoms with Crippen LogP contribution < -0.4 is 10.6 Å². The minimum atomic E-state index is -4.20. The second kappa shape index (κ2) is 14.4. The molecule has 25 heavy (non-hydrogen) atoms. The molecule has 0 bridgehead atoms. The summed E-state index contributed by atoms with van der Waals surface area (Å²) in [5, 5.41) is 6.04. The van der Waals surface area contributed by atoms with Crippen LogP contribution in [-0.2, 0) is 4.79 Å². The molecule has 0 saturated heterocycles. The van der Waals surface area contributed by atoms with Gasteiger partial charge in [0.05, 0.1) is 13.1 Å². The van der Waals surface area contributed by atoms with Crippen LogP contribution in [-0.4, -0.2) is 80.7 Å². The molecule has 0 unspecified atom stereocenters. The van der Waals surface area contributed by atoms with E-state index in [0.29, 0.717) is 38.6 Å². The van der Waals surface area contributed by atoms with Gasteiger partial charge in [-0.2, -0.15) is 13.2 Å². The Kier molecular flexibility index (Phi) is 15.2. The van der Waals surface area contributed by atoms with Crippen LogP contribution in [0.4, 0.5) is 13.2 Å². The summed E-state index contributed by atoms with van der Waals surface area (Å²) in [6, 6.07) is 0. The lowest BCUT2D eigenvalue weighted by Gasteiger charge is -2.19. The van der Waals surface area contributed by atoms with E-state index < -0.39 is 12.7 Å². The first-order valence-electron chi connectivity index (χ1n) is 8.28. The number of likely N-dealkylation sites (N-methyl/N-ethyl adjacent to an activating group) is 1. The Morgan fingerprint density at radius 1 is 1.12 bits per heavy atom. The lowest BCUT2D eigenvalue weighted by atomic mass is 10.3. The summed E-state index contributed by atoms with van der Waals surface area (Å²) in [4.78, 5) is 19.0. The molecule has 150 valence electrons. The number of nitrogens with zero attached hydrogens (tertiary/aromatic N) is 3.